The Morgan fingerprint density at radius 3 is 2.71 bits per heavy atom. The van der Waals surface area contributed by atoms with E-state index in [0.29, 0.717) is 0 Å². The summed E-state index contributed by atoms with van der Waals surface area (Å²) >= 11 is 0. The lowest BCUT2D eigenvalue weighted by Gasteiger charge is -1.96. The highest BCUT2D eigenvalue weighted by molar-refractivity contribution is 6.15. The predicted molar refractivity (Wildman–Crippen MR) is 68.9 cm³/mol. The molecule has 3 aromatic heterocycles. The van der Waals surface area contributed by atoms with Gasteiger partial charge in [0.05, 0.1) is 5.52 Å². The molecule has 0 radical (unpaired) electrons. The third kappa shape index (κ3) is 1.11. The normalized spacial score (nSPS) is 11.5. The van der Waals surface area contributed by atoms with Crippen LogP contribution in [0.25, 0.3) is 32.8 Å². The largest absolute Gasteiger partial charge is 0.354 e. The first kappa shape index (κ1) is 8.70. The van der Waals surface area contributed by atoms with Crippen LogP contribution in [-0.4, -0.2) is 15.0 Å². The summed E-state index contributed by atoms with van der Waals surface area (Å²) in [6.45, 7) is 0. The molecule has 3 nitrogen and oxygen atoms in total. The standard InChI is InChI=1S/C14H9N3/c1-2-6-12-9(4-1)11-8-16-14-10(13(11)17-12)5-3-7-15-14/h1-8,17H. The number of H-pyrrole nitrogens is 1. The molecule has 80 valence electrons. The van der Waals surface area contributed by atoms with E-state index < -0.39 is 0 Å². The van der Waals surface area contributed by atoms with Gasteiger partial charge >= 0.3 is 0 Å². The number of rotatable bonds is 0. The number of aromatic amines is 1. The number of nitrogens with one attached hydrogen (secondary N) is 1. The summed E-state index contributed by atoms with van der Waals surface area (Å²) in [5.74, 6) is 0. The summed E-state index contributed by atoms with van der Waals surface area (Å²) in [6, 6.07) is 12.3. The molecule has 0 saturated carbocycles. The molecule has 17 heavy (non-hydrogen) atoms. The van der Waals surface area contributed by atoms with Crippen LogP contribution in [0.15, 0.2) is 48.8 Å². The van der Waals surface area contributed by atoms with Crippen molar-refractivity contribution in [1.29, 1.82) is 0 Å². The summed E-state index contributed by atoms with van der Waals surface area (Å²) in [4.78, 5) is 12.1. The molecule has 1 aromatic carbocycles. The second kappa shape index (κ2) is 3.04. The Bertz CT molecular complexity index is 846. The third-order valence-corrected chi connectivity index (χ3v) is 3.12. The van der Waals surface area contributed by atoms with E-state index in [1.165, 1.54) is 5.39 Å². The van der Waals surface area contributed by atoms with Crippen LogP contribution in [0, 0.1) is 0 Å². The first-order valence-corrected chi connectivity index (χ1v) is 5.53. The van der Waals surface area contributed by atoms with Crippen molar-refractivity contribution >= 4 is 32.8 Å². The fourth-order valence-electron chi connectivity index (χ4n) is 2.33. The zero-order valence-electron chi connectivity index (χ0n) is 9.01. The number of pyridine rings is 2. The molecular formula is C14H9N3. The van der Waals surface area contributed by atoms with Gasteiger partial charge in [-0.2, -0.15) is 0 Å². The van der Waals surface area contributed by atoms with Crippen LogP contribution in [0.5, 0.6) is 0 Å². The van der Waals surface area contributed by atoms with Crippen LogP contribution in [0.4, 0.5) is 0 Å². The van der Waals surface area contributed by atoms with E-state index in [1.54, 1.807) is 6.20 Å². The molecular weight excluding hydrogens is 210 g/mol. The molecule has 3 heterocycles. The van der Waals surface area contributed by atoms with E-state index in [9.17, 15) is 0 Å². The van der Waals surface area contributed by atoms with Crippen LogP contribution in [0.2, 0.25) is 0 Å². The average Bonchev–Trinajstić information content (AvgIpc) is 2.78. The maximum absolute atomic E-state index is 4.40. The Hall–Kier alpha value is -2.42. The molecule has 0 aliphatic heterocycles. The fraction of sp³-hybridized carbons (Fsp3) is 0. The lowest BCUT2D eigenvalue weighted by atomic mass is 10.1. The van der Waals surface area contributed by atoms with Gasteiger partial charge in [-0.15, -0.1) is 0 Å². The van der Waals surface area contributed by atoms with Gasteiger partial charge < -0.3 is 4.98 Å². The summed E-state index contributed by atoms with van der Waals surface area (Å²) in [6.07, 6.45) is 3.66. The number of para-hydroxylation sites is 1. The molecule has 3 heteroatoms. The minimum atomic E-state index is 0.784. The monoisotopic (exact) mass is 219 g/mol. The van der Waals surface area contributed by atoms with Crippen molar-refractivity contribution in [2.45, 2.75) is 0 Å². The summed E-state index contributed by atoms with van der Waals surface area (Å²) < 4.78 is 0. The molecule has 0 atom stereocenters. The van der Waals surface area contributed by atoms with E-state index in [-0.39, 0.29) is 0 Å². The molecule has 0 fully saturated rings. The molecule has 0 aliphatic carbocycles. The van der Waals surface area contributed by atoms with Gasteiger partial charge in [-0.25, -0.2) is 9.97 Å². The second-order valence-corrected chi connectivity index (χ2v) is 4.09. The quantitative estimate of drug-likeness (QED) is 0.493. The molecule has 0 bridgehead atoms. The highest BCUT2D eigenvalue weighted by Crippen LogP contribution is 2.28. The van der Waals surface area contributed by atoms with Crippen LogP contribution >= 0.6 is 0 Å². The highest BCUT2D eigenvalue weighted by Gasteiger charge is 2.07. The van der Waals surface area contributed by atoms with Gasteiger partial charge in [-0.1, -0.05) is 18.2 Å². The summed E-state index contributed by atoms with van der Waals surface area (Å²) in [5.41, 5.74) is 3.04. The topological polar surface area (TPSA) is 41.6 Å². The van der Waals surface area contributed by atoms with E-state index >= 15 is 0 Å². The number of fused-ring (bicyclic) bond motifs is 5. The van der Waals surface area contributed by atoms with Crippen LogP contribution in [-0.2, 0) is 0 Å². The Morgan fingerprint density at radius 2 is 1.71 bits per heavy atom. The van der Waals surface area contributed by atoms with Gasteiger partial charge in [0.2, 0.25) is 0 Å². The van der Waals surface area contributed by atoms with Gasteiger partial charge in [-0.3, -0.25) is 0 Å². The third-order valence-electron chi connectivity index (χ3n) is 3.12. The Kier molecular flexibility index (Phi) is 1.56. The van der Waals surface area contributed by atoms with Crippen LogP contribution in [0.3, 0.4) is 0 Å². The Morgan fingerprint density at radius 1 is 0.824 bits per heavy atom. The summed E-state index contributed by atoms with van der Waals surface area (Å²) in [7, 11) is 0. The molecule has 0 spiro atoms. The fourth-order valence-corrected chi connectivity index (χ4v) is 2.33. The number of hydrogen-bond donors (Lipinski definition) is 1. The van der Waals surface area contributed by atoms with E-state index in [2.05, 4.69) is 27.1 Å². The van der Waals surface area contributed by atoms with E-state index in [4.69, 9.17) is 0 Å². The van der Waals surface area contributed by atoms with Gasteiger partial charge in [0, 0.05) is 34.1 Å². The minimum Gasteiger partial charge on any atom is -0.354 e. The SMILES string of the molecule is c1ccc2c(c1)[nH]c1c3cccnc3ncc21. The predicted octanol–water partition coefficient (Wildman–Crippen LogP) is 3.26. The van der Waals surface area contributed by atoms with Gasteiger partial charge in [-0.05, 0) is 18.2 Å². The molecule has 0 unspecified atom stereocenters. The number of benzene rings is 1. The van der Waals surface area contributed by atoms with Crippen molar-refractivity contribution in [3.8, 4) is 0 Å². The second-order valence-electron chi connectivity index (χ2n) is 4.09. The van der Waals surface area contributed by atoms with Gasteiger partial charge in [0.15, 0.2) is 5.65 Å². The first-order chi connectivity index (χ1) is 8.43. The molecule has 4 aromatic rings. The maximum Gasteiger partial charge on any atom is 0.161 e. The Balaban J connectivity index is 2.34. The molecule has 0 aliphatic rings. The van der Waals surface area contributed by atoms with Crippen molar-refractivity contribution in [2.24, 2.45) is 0 Å². The van der Waals surface area contributed by atoms with Crippen molar-refractivity contribution in [1.82, 2.24) is 15.0 Å². The minimum absolute atomic E-state index is 0.784. The molecule has 4 rings (SSSR count). The number of nitrogens with zero attached hydrogens (tertiary/aromatic N) is 2. The van der Waals surface area contributed by atoms with Crippen molar-refractivity contribution in [2.75, 3.05) is 0 Å². The van der Waals surface area contributed by atoms with Crippen LogP contribution in [0.1, 0.15) is 0 Å². The van der Waals surface area contributed by atoms with Crippen molar-refractivity contribution in [3.05, 3.63) is 48.8 Å². The molecule has 1 N–H and O–H groups in total. The van der Waals surface area contributed by atoms with Crippen molar-refractivity contribution in [3.63, 3.8) is 0 Å². The first-order valence-electron chi connectivity index (χ1n) is 5.53. The van der Waals surface area contributed by atoms with E-state index in [1.807, 2.05) is 30.5 Å². The highest BCUT2D eigenvalue weighted by atomic mass is 14.8. The Labute approximate surface area is 97.1 Å². The van der Waals surface area contributed by atoms with E-state index in [0.717, 1.165) is 27.5 Å². The average molecular weight is 219 g/mol. The van der Waals surface area contributed by atoms with Crippen molar-refractivity contribution < 1.29 is 0 Å². The smallest absolute Gasteiger partial charge is 0.161 e. The zero-order valence-corrected chi connectivity index (χ0v) is 9.01. The number of aromatic nitrogens is 3. The summed E-state index contributed by atoms with van der Waals surface area (Å²) in [5, 5.41) is 3.43. The molecule has 0 saturated heterocycles. The van der Waals surface area contributed by atoms with Gasteiger partial charge in [0.25, 0.3) is 0 Å². The zero-order chi connectivity index (χ0) is 11.2. The maximum atomic E-state index is 4.40. The number of hydrogen-bond acceptors (Lipinski definition) is 2. The lowest BCUT2D eigenvalue weighted by Crippen LogP contribution is -1.83. The van der Waals surface area contributed by atoms with Gasteiger partial charge in [0.1, 0.15) is 0 Å². The molecule has 0 amide bonds. The lowest BCUT2D eigenvalue weighted by molar-refractivity contribution is 1.30. The van der Waals surface area contributed by atoms with Crippen LogP contribution < -0.4 is 0 Å².